The van der Waals surface area contributed by atoms with E-state index in [-0.39, 0.29) is 6.04 Å². The largest absolute Gasteiger partial charge is 0.480 e. The van der Waals surface area contributed by atoms with Crippen LogP contribution in [0.2, 0.25) is 0 Å². The normalized spacial score (nSPS) is 14.7. The molecule has 0 saturated heterocycles. The molecule has 0 aromatic carbocycles. The quantitative estimate of drug-likeness (QED) is 0.605. The van der Waals surface area contributed by atoms with Gasteiger partial charge in [0.2, 0.25) is 0 Å². The van der Waals surface area contributed by atoms with Gasteiger partial charge in [-0.15, -0.1) is 0 Å². The van der Waals surface area contributed by atoms with Gasteiger partial charge in [-0.05, 0) is 19.3 Å². The molecule has 0 aliphatic carbocycles. The fourth-order valence-corrected chi connectivity index (χ4v) is 1.83. The summed E-state index contributed by atoms with van der Waals surface area (Å²) in [5.41, 5.74) is 0. The lowest BCUT2D eigenvalue weighted by atomic mass is 10.0. The number of hydrogen-bond acceptors (Lipinski definition) is 2. The number of aliphatic carboxylic acids is 1. The molecule has 0 aliphatic heterocycles. The molecule has 0 bridgehead atoms. The fourth-order valence-electron chi connectivity index (χ4n) is 1.83. The molecule has 0 aromatic heterocycles. The second-order valence-electron chi connectivity index (χ2n) is 4.45. The molecule has 0 saturated carbocycles. The summed E-state index contributed by atoms with van der Waals surface area (Å²) >= 11 is 0. The number of hydrogen-bond donors (Lipinski definition) is 2. The molecule has 3 nitrogen and oxygen atoms in total. The van der Waals surface area contributed by atoms with Crippen LogP contribution in [0.1, 0.15) is 65.7 Å². The topological polar surface area (TPSA) is 49.3 Å². The van der Waals surface area contributed by atoms with E-state index < -0.39 is 5.97 Å². The molecule has 2 unspecified atom stereocenters. The molecule has 3 heteroatoms. The van der Waals surface area contributed by atoms with E-state index in [2.05, 4.69) is 26.1 Å². The van der Waals surface area contributed by atoms with Gasteiger partial charge in [-0.3, -0.25) is 4.79 Å². The van der Waals surface area contributed by atoms with Gasteiger partial charge in [0.25, 0.3) is 0 Å². The predicted molar refractivity (Wildman–Crippen MR) is 67.7 cm³/mol. The van der Waals surface area contributed by atoms with Gasteiger partial charge in [0.05, 0.1) is 0 Å². The zero-order valence-corrected chi connectivity index (χ0v) is 11.0. The van der Waals surface area contributed by atoms with Gasteiger partial charge in [-0.2, -0.15) is 0 Å². The first-order valence-corrected chi connectivity index (χ1v) is 6.64. The number of nitrogens with one attached hydrogen (secondary N) is 1. The molecule has 0 amide bonds. The van der Waals surface area contributed by atoms with Crippen LogP contribution in [0, 0.1) is 0 Å². The Balaban J connectivity index is 4.06. The highest BCUT2D eigenvalue weighted by molar-refractivity contribution is 5.73. The van der Waals surface area contributed by atoms with Gasteiger partial charge >= 0.3 is 5.97 Å². The maximum atomic E-state index is 11.1. The van der Waals surface area contributed by atoms with Crippen molar-refractivity contribution in [2.75, 3.05) is 0 Å². The van der Waals surface area contributed by atoms with Crippen LogP contribution in [0.15, 0.2) is 0 Å². The Kier molecular flexibility index (Phi) is 9.30. The second kappa shape index (κ2) is 9.64. The number of unbranched alkanes of at least 4 members (excludes halogenated alkanes) is 2. The van der Waals surface area contributed by atoms with E-state index in [4.69, 9.17) is 5.11 Å². The highest BCUT2D eigenvalue weighted by Gasteiger charge is 2.19. The van der Waals surface area contributed by atoms with E-state index >= 15 is 0 Å². The summed E-state index contributed by atoms with van der Waals surface area (Å²) in [5.74, 6) is -0.705. The average molecular weight is 229 g/mol. The molecule has 16 heavy (non-hydrogen) atoms. The molecule has 0 aromatic rings. The van der Waals surface area contributed by atoms with Crippen LogP contribution in [0.3, 0.4) is 0 Å². The van der Waals surface area contributed by atoms with Crippen molar-refractivity contribution < 1.29 is 9.90 Å². The van der Waals surface area contributed by atoms with E-state index in [0.29, 0.717) is 6.04 Å². The van der Waals surface area contributed by atoms with Crippen molar-refractivity contribution in [3.63, 3.8) is 0 Å². The highest BCUT2D eigenvalue weighted by Crippen LogP contribution is 2.08. The number of carboxylic acid groups (broad SMARTS) is 1. The third-order valence-corrected chi connectivity index (χ3v) is 2.98. The lowest BCUT2D eigenvalue weighted by molar-refractivity contribution is -0.140. The van der Waals surface area contributed by atoms with E-state index in [1.165, 1.54) is 12.8 Å². The van der Waals surface area contributed by atoms with Crippen LogP contribution in [0.25, 0.3) is 0 Å². The Bertz CT molecular complexity index is 183. The minimum Gasteiger partial charge on any atom is -0.480 e. The molecule has 96 valence electrons. The van der Waals surface area contributed by atoms with Crippen LogP contribution < -0.4 is 5.32 Å². The summed E-state index contributed by atoms with van der Waals surface area (Å²) in [6.07, 6.45) is 7.22. The van der Waals surface area contributed by atoms with Gasteiger partial charge in [-0.25, -0.2) is 0 Å². The van der Waals surface area contributed by atoms with E-state index in [1.54, 1.807) is 0 Å². The van der Waals surface area contributed by atoms with Crippen LogP contribution in [0.5, 0.6) is 0 Å². The molecular weight excluding hydrogens is 202 g/mol. The molecule has 0 aliphatic rings. The predicted octanol–water partition coefficient (Wildman–Crippen LogP) is 3.19. The van der Waals surface area contributed by atoms with Crippen molar-refractivity contribution >= 4 is 5.97 Å². The number of carboxylic acids is 1. The maximum Gasteiger partial charge on any atom is 0.320 e. The maximum absolute atomic E-state index is 11.1. The summed E-state index contributed by atoms with van der Waals surface area (Å²) < 4.78 is 0. The smallest absolute Gasteiger partial charge is 0.320 e. The van der Waals surface area contributed by atoms with Crippen molar-refractivity contribution in [3.8, 4) is 0 Å². The van der Waals surface area contributed by atoms with Crippen LogP contribution >= 0.6 is 0 Å². The summed E-state index contributed by atoms with van der Waals surface area (Å²) in [5, 5.41) is 12.4. The minimum atomic E-state index is -0.705. The van der Waals surface area contributed by atoms with Crippen LogP contribution in [0.4, 0.5) is 0 Å². The first kappa shape index (κ1) is 15.4. The zero-order chi connectivity index (χ0) is 12.4. The highest BCUT2D eigenvalue weighted by atomic mass is 16.4. The summed E-state index contributed by atoms with van der Waals surface area (Å²) in [4.78, 5) is 11.1. The monoisotopic (exact) mass is 229 g/mol. The molecule has 0 fully saturated rings. The van der Waals surface area contributed by atoms with Gasteiger partial charge in [0, 0.05) is 6.04 Å². The van der Waals surface area contributed by atoms with Crippen LogP contribution in [-0.4, -0.2) is 23.2 Å². The fraction of sp³-hybridized carbons (Fsp3) is 0.923. The summed E-state index contributed by atoms with van der Waals surface area (Å²) in [6.45, 7) is 6.37. The van der Waals surface area contributed by atoms with Crippen molar-refractivity contribution in [3.05, 3.63) is 0 Å². The SMILES string of the molecule is CCCCC(CC)NC(CCCC)C(=O)O. The Labute approximate surface area is 99.6 Å². The van der Waals surface area contributed by atoms with Gasteiger partial charge in [-0.1, -0.05) is 46.5 Å². The second-order valence-corrected chi connectivity index (χ2v) is 4.45. The number of rotatable bonds is 10. The van der Waals surface area contributed by atoms with Crippen molar-refractivity contribution in [2.45, 2.75) is 77.8 Å². The third kappa shape index (κ3) is 6.83. The summed E-state index contributed by atoms with van der Waals surface area (Å²) in [7, 11) is 0. The Hall–Kier alpha value is -0.570. The van der Waals surface area contributed by atoms with Crippen molar-refractivity contribution in [2.24, 2.45) is 0 Å². The molecule has 0 radical (unpaired) electrons. The van der Waals surface area contributed by atoms with Crippen LogP contribution in [-0.2, 0) is 4.79 Å². The molecule has 0 rings (SSSR count). The standard InChI is InChI=1S/C13H27NO2/c1-4-7-9-11(6-3)14-12(13(15)16)10-8-5-2/h11-12,14H,4-10H2,1-3H3,(H,15,16). The average Bonchev–Trinajstić information content (AvgIpc) is 2.28. The van der Waals surface area contributed by atoms with E-state index in [0.717, 1.165) is 32.1 Å². The molecular formula is C13H27NO2. The van der Waals surface area contributed by atoms with E-state index in [1.807, 2.05) is 0 Å². The van der Waals surface area contributed by atoms with Gasteiger partial charge in [0.15, 0.2) is 0 Å². The summed E-state index contributed by atoms with van der Waals surface area (Å²) in [6, 6.07) is -0.000313. The first-order chi connectivity index (χ1) is 7.65. The lowest BCUT2D eigenvalue weighted by Crippen LogP contribution is -2.43. The molecule has 2 atom stereocenters. The third-order valence-electron chi connectivity index (χ3n) is 2.98. The zero-order valence-electron chi connectivity index (χ0n) is 11.0. The van der Waals surface area contributed by atoms with Crippen molar-refractivity contribution in [1.29, 1.82) is 0 Å². The minimum absolute atomic E-state index is 0.359. The van der Waals surface area contributed by atoms with Gasteiger partial charge in [0.1, 0.15) is 6.04 Å². The Morgan fingerprint density at radius 3 is 2.12 bits per heavy atom. The Morgan fingerprint density at radius 1 is 1.12 bits per heavy atom. The molecule has 0 heterocycles. The lowest BCUT2D eigenvalue weighted by Gasteiger charge is -2.22. The first-order valence-electron chi connectivity index (χ1n) is 6.64. The number of carbonyl (C=O) groups is 1. The van der Waals surface area contributed by atoms with Crippen molar-refractivity contribution in [1.82, 2.24) is 5.32 Å². The Morgan fingerprint density at radius 2 is 1.69 bits per heavy atom. The van der Waals surface area contributed by atoms with E-state index in [9.17, 15) is 4.79 Å². The molecule has 0 spiro atoms. The molecule has 2 N–H and O–H groups in total. The van der Waals surface area contributed by atoms with Gasteiger partial charge < -0.3 is 10.4 Å².